The Balaban J connectivity index is 1.41. The molecular weight excluding hydrogens is 680 g/mol. The van der Waals surface area contributed by atoms with E-state index in [9.17, 15) is 29.1 Å². The van der Waals surface area contributed by atoms with Crippen molar-refractivity contribution in [1.82, 2.24) is 5.32 Å². The molecule has 12 atom stereocenters. The number of hydrogen-bond acceptors (Lipinski definition) is 10. The zero-order chi connectivity index (χ0) is 39.3. The molecule has 1 saturated heterocycles. The molecule has 0 spiro atoms. The Labute approximate surface area is 315 Å². The second-order valence-electron chi connectivity index (χ2n) is 18.4. The first-order chi connectivity index (χ1) is 24.7. The highest BCUT2D eigenvalue weighted by atomic mass is 16.6. The van der Waals surface area contributed by atoms with Crippen molar-refractivity contribution in [2.24, 2.45) is 62.4 Å². The minimum Gasteiger partial charge on any atom is -0.481 e. The fourth-order valence-electron chi connectivity index (χ4n) is 12.3. The Morgan fingerprint density at radius 3 is 2.32 bits per heavy atom. The quantitative estimate of drug-likeness (QED) is 0.0832. The number of amides is 1. The van der Waals surface area contributed by atoms with Crippen LogP contribution < -0.4 is 11.1 Å². The van der Waals surface area contributed by atoms with Crippen LogP contribution in [0.1, 0.15) is 113 Å². The number of methoxy groups -OCH3 is 1. The van der Waals surface area contributed by atoms with Crippen LogP contribution in [0.2, 0.25) is 0 Å². The van der Waals surface area contributed by atoms with Crippen molar-refractivity contribution >= 4 is 29.8 Å². The van der Waals surface area contributed by atoms with Crippen LogP contribution in [-0.4, -0.2) is 80.0 Å². The van der Waals surface area contributed by atoms with Gasteiger partial charge < -0.3 is 35.1 Å². The summed E-state index contributed by atoms with van der Waals surface area (Å²) >= 11 is 0. The molecule has 1 aliphatic heterocycles. The van der Waals surface area contributed by atoms with E-state index >= 15 is 0 Å². The standard InChI is InChI=1S/C41H64N2O10/c1-23(2)24(3)37(5)17-18-39(7)26-13-14-30-38(6)21-51-22-41(30,27(26)15-16-40(39,8)31(37)34(46)47)20-29(52-25(4)44)32(38)53-35(48)28(42)12-10-11-19-43-33(45)36(49)50-9/h15,23-24,26,28-32H,10-14,16-22,42H2,1-9H3,(H,43,45)(H,46,47)/t24-,26+,28?,29-,30+,31-,32+,37-,38+,39-,40+,41+/m1/s1. The summed E-state index contributed by atoms with van der Waals surface area (Å²) in [5.41, 5.74) is 5.45. The van der Waals surface area contributed by atoms with E-state index in [-0.39, 0.29) is 35.1 Å². The number of nitrogens with one attached hydrogen (secondary N) is 1. The van der Waals surface area contributed by atoms with Gasteiger partial charge in [-0.2, -0.15) is 0 Å². The first kappa shape index (κ1) is 41.2. The maximum absolute atomic E-state index is 13.6. The van der Waals surface area contributed by atoms with Gasteiger partial charge in [-0.15, -0.1) is 0 Å². The third-order valence-corrected chi connectivity index (χ3v) is 15.5. The summed E-state index contributed by atoms with van der Waals surface area (Å²) in [6.07, 6.45) is 6.80. The zero-order valence-corrected chi connectivity index (χ0v) is 33.4. The summed E-state index contributed by atoms with van der Waals surface area (Å²) in [5, 5.41) is 13.5. The maximum atomic E-state index is 13.6. The van der Waals surface area contributed by atoms with Crippen LogP contribution in [0.5, 0.6) is 0 Å². The van der Waals surface area contributed by atoms with Gasteiger partial charge >= 0.3 is 29.8 Å². The smallest absolute Gasteiger partial charge is 0.396 e. The molecule has 2 bridgehead atoms. The molecule has 12 heteroatoms. The minimum atomic E-state index is -0.967. The lowest BCUT2D eigenvalue weighted by molar-refractivity contribution is -0.263. The second-order valence-corrected chi connectivity index (χ2v) is 18.4. The number of fused-ring (bicyclic) bond motifs is 3. The van der Waals surface area contributed by atoms with E-state index < -0.39 is 70.2 Å². The van der Waals surface area contributed by atoms with Crippen molar-refractivity contribution in [3.8, 4) is 0 Å². The van der Waals surface area contributed by atoms with Crippen molar-refractivity contribution in [1.29, 1.82) is 0 Å². The van der Waals surface area contributed by atoms with Gasteiger partial charge in [0.05, 0.1) is 26.2 Å². The molecule has 0 aromatic rings. The fraction of sp³-hybridized carbons (Fsp3) is 0.829. The van der Waals surface area contributed by atoms with Gasteiger partial charge in [-0.3, -0.25) is 19.2 Å². The topological polar surface area (TPSA) is 181 Å². The molecule has 0 radical (unpaired) electrons. The number of carboxylic acid groups (broad SMARTS) is 1. The number of carbonyl (C=O) groups excluding carboxylic acids is 4. The molecule has 12 nitrogen and oxygen atoms in total. The van der Waals surface area contributed by atoms with Crippen LogP contribution in [0.15, 0.2) is 11.6 Å². The number of ether oxygens (including phenoxy) is 4. The SMILES string of the molecule is COC(=O)C(=O)NCCCCC(N)C(=O)O[C@H]1[C@H](OC(C)=O)C[C@@]23COC[C@@]1(C)[C@@H]2CC[C@H]1C3=CC[C@@]2(C)[C@H](C(=O)O)[C@@](C)([C@H](C)C(C)C)CC[C@]12C. The monoisotopic (exact) mass is 744 g/mol. The van der Waals surface area contributed by atoms with E-state index in [1.165, 1.54) is 12.5 Å². The number of esters is 3. The van der Waals surface area contributed by atoms with E-state index in [2.05, 4.69) is 64.6 Å². The summed E-state index contributed by atoms with van der Waals surface area (Å²) in [5.74, 6) is -3.19. The van der Waals surface area contributed by atoms with Gasteiger partial charge in [-0.05, 0) is 97.7 Å². The van der Waals surface area contributed by atoms with Crippen molar-refractivity contribution in [2.75, 3.05) is 26.9 Å². The number of aliphatic carboxylic acids is 1. The number of hydrogen-bond donors (Lipinski definition) is 3. The van der Waals surface area contributed by atoms with Crippen LogP contribution >= 0.6 is 0 Å². The Morgan fingerprint density at radius 1 is 1.00 bits per heavy atom. The lowest BCUT2D eigenvalue weighted by Gasteiger charge is -2.71. The molecule has 1 heterocycles. The van der Waals surface area contributed by atoms with Gasteiger partial charge in [0.25, 0.3) is 0 Å². The van der Waals surface area contributed by atoms with Gasteiger partial charge in [-0.25, -0.2) is 4.79 Å². The Bertz CT molecular complexity index is 1500. The Hall–Kier alpha value is -2.99. The predicted octanol–water partition coefficient (Wildman–Crippen LogP) is 5.21. The van der Waals surface area contributed by atoms with E-state index in [4.69, 9.17) is 19.9 Å². The largest absolute Gasteiger partial charge is 0.481 e. The average Bonchev–Trinajstić information content (AvgIpc) is 3.08. The molecule has 5 rings (SSSR count). The first-order valence-electron chi connectivity index (χ1n) is 19.7. The number of carbonyl (C=O) groups is 5. The Morgan fingerprint density at radius 2 is 1.70 bits per heavy atom. The molecule has 5 aliphatic rings. The Kier molecular flexibility index (Phi) is 11.6. The molecule has 1 unspecified atom stereocenters. The van der Waals surface area contributed by atoms with Crippen molar-refractivity contribution in [3.63, 3.8) is 0 Å². The highest BCUT2D eigenvalue weighted by Crippen LogP contribution is 2.75. The minimum absolute atomic E-state index is 0.0866. The number of rotatable bonds is 11. The van der Waals surface area contributed by atoms with Crippen LogP contribution in [0.3, 0.4) is 0 Å². The summed E-state index contributed by atoms with van der Waals surface area (Å²) in [4.78, 5) is 62.6. The number of allylic oxidation sites excluding steroid dienone is 1. The van der Waals surface area contributed by atoms with Crippen LogP contribution in [0.4, 0.5) is 0 Å². The maximum Gasteiger partial charge on any atom is 0.396 e. The lowest BCUT2D eigenvalue weighted by Crippen LogP contribution is -2.70. The summed E-state index contributed by atoms with van der Waals surface area (Å²) < 4.78 is 23.2. The average molecular weight is 745 g/mol. The molecular formula is C41H64N2O10. The third kappa shape index (κ3) is 6.71. The molecule has 4 fully saturated rings. The highest BCUT2D eigenvalue weighted by Gasteiger charge is 2.72. The highest BCUT2D eigenvalue weighted by molar-refractivity contribution is 6.32. The number of unbranched alkanes of at least 4 members (excludes halogenated alkanes) is 1. The lowest BCUT2D eigenvalue weighted by atomic mass is 9.34. The summed E-state index contributed by atoms with van der Waals surface area (Å²) in [7, 11) is 1.13. The van der Waals surface area contributed by atoms with Crippen molar-refractivity contribution in [3.05, 3.63) is 11.6 Å². The molecule has 3 saturated carbocycles. The molecule has 4 N–H and O–H groups in total. The first-order valence-corrected chi connectivity index (χ1v) is 19.7. The van der Waals surface area contributed by atoms with Crippen LogP contribution in [-0.2, 0) is 42.9 Å². The number of carboxylic acids is 1. The fourth-order valence-corrected chi connectivity index (χ4v) is 12.3. The van der Waals surface area contributed by atoms with E-state index in [1.54, 1.807) is 0 Å². The number of nitrogens with two attached hydrogens (primary N) is 1. The van der Waals surface area contributed by atoms with Gasteiger partial charge in [0.2, 0.25) is 0 Å². The zero-order valence-electron chi connectivity index (χ0n) is 33.4. The summed E-state index contributed by atoms with van der Waals surface area (Å²) in [6, 6.07) is -0.934. The summed E-state index contributed by atoms with van der Waals surface area (Å²) in [6.45, 7) is 17.9. The second kappa shape index (κ2) is 14.9. The van der Waals surface area contributed by atoms with Crippen molar-refractivity contribution < 1.29 is 48.0 Å². The normalized spacial score (nSPS) is 39.9. The van der Waals surface area contributed by atoms with Crippen LogP contribution in [0.25, 0.3) is 0 Å². The van der Waals surface area contributed by atoms with E-state index in [1.807, 2.05) is 0 Å². The van der Waals surface area contributed by atoms with Crippen molar-refractivity contribution in [2.45, 2.75) is 131 Å². The van der Waals surface area contributed by atoms with E-state index in [0.29, 0.717) is 51.2 Å². The molecule has 53 heavy (non-hydrogen) atoms. The third-order valence-electron chi connectivity index (χ3n) is 15.5. The van der Waals surface area contributed by atoms with Gasteiger partial charge in [0.15, 0.2) is 0 Å². The molecule has 0 aromatic carbocycles. The van der Waals surface area contributed by atoms with Gasteiger partial charge in [0.1, 0.15) is 18.2 Å². The van der Waals surface area contributed by atoms with Gasteiger partial charge in [-0.1, -0.05) is 60.1 Å². The predicted molar refractivity (Wildman–Crippen MR) is 196 cm³/mol. The molecule has 4 aliphatic carbocycles. The molecule has 1 amide bonds. The molecule has 0 aromatic heterocycles. The van der Waals surface area contributed by atoms with E-state index in [0.717, 1.165) is 32.8 Å². The molecule has 298 valence electrons. The van der Waals surface area contributed by atoms with Crippen LogP contribution in [0, 0.1) is 56.7 Å². The van der Waals surface area contributed by atoms with Gasteiger partial charge in [0, 0.05) is 24.3 Å².